The fourth-order valence-electron chi connectivity index (χ4n) is 6.32. The van der Waals surface area contributed by atoms with Crippen molar-refractivity contribution >= 4 is 82.8 Å². The van der Waals surface area contributed by atoms with E-state index in [-0.39, 0.29) is 83.7 Å². The number of hydrogen-bond acceptors (Lipinski definition) is 17. The molecular weight excluding hydrogens is 949 g/mol. The van der Waals surface area contributed by atoms with Gasteiger partial charge in [0, 0.05) is 97.0 Å². The molecule has 10 amide bonds. The van der Waals surface area contributed by atoms with Crippen molar-refractivity contribution in [3.8, 4) is 0 Å². The summed E-state index contributed by atoms with van der Waals surface area (Å²) in [6, 6.07) is -4.34. The van der Waals surface area contributed by atoms with Crippen LogP contribution in [0.15, 0.2) is 0 Å². The Morgan fingerprint density at radius 2 is 1.09 bits per heavy atom. The van der Waals surface area contributed by atoms with E-state index in [1.807, 2.05) is 0 Å². The molecule has 1 rings (SSSR count). The Labute approximate surface area is 409 Å². The second-order valence-corrected chi connectivity index (χ2v) is 17.7. The highest BCUT2D eigenvalue weighted by Gasteiger charge is 2.40. The van der Waals surface area contributed by atoms with Gasteiger partial charge in [0.25, 0.3) is 0 Å². The maximum absolute atomic E-state index is 12.9. The Hall–Kier alpha value is -5.97. The van der Waals surface area contributed by atoms with Crippen molar-refractivity contribution in [3.05, 3.63) is 0 Å². The van der Waals surface area contributed by atoms with Gasteiger partial charge in [-0.3, -0.25) is 73.3 Å². The lowest BCUT2D eigenvalue weighted by Crippen LogP contribution is -2.55. The van der Waals surface area contributed by atoms with Crippen LogP contribution in [-0.4, -0.2) is 192 Å². The third-order valence-corrected chi connectivity index (χ3v) is 11.7. The molecular formula is C42H70N10O17S. The van der Waals surface area contributed by atoms with Crippen molar-refractivity contribution < 1.29 is 83.4 Å². The monoisotopic (exact) mass is 1020 g/mol. The number of amides is 10. The first-order valence-electron chi connectivity index (χ1n) is 23.1. The van der Waals surface area contributed by atoms with Crippen LogP contribution in [0.3, 0.4) is 0 Å². The van der Waals surface area contributed by atoms with Gasteiger partial charge < -0.3 is 42.5 Å². The third kappa shape index (κ3) is 26.7. The van der Waals surface area contributed by atoms with Crippen LogP contribution in [0.1, 0.15) is 117 Å². The molecule has 1 fully saturated rings. The number of aliphatic carboxylic acids is 2. The van der Waals surface area contributed by atoms with Gasteiger partial charge in [-0.15, -0.1) is 11.8 Å². The van der Waals surface area contributed by atoms with E-state index >= 15 is 0 Å². The van der Waals surface area contributed by atoms with E-state index < -0.39 is 101 Å². The van der Waals surface area contributed by atoms with Crippen LogP contribution in [0.25, 0.3) is 0 Å². The Kier molecular flexibility index (Phi) is 30.4. The van der Waals surface area contributed by atoms with E-state index in [1.165, 1.54) is 13.8 Å². The largest absolute Gasteiger partial charge is 0.481 e. The number of nitrogens with two attached hydrogens (primary N) is 1. The molecule has 28 heteroatoms. The number of imide groups is 1. The molecule has 27 nitrogen and oxygen atoms in total. The summed E-state index contributed by atoms with van der Waals surface area (Å²) >= 11 is 0.775. The molecule has 1 heterocycles. The smallest absolute Gasteiger partial charge is 0.327 e. The minimum Gasteiger partial charge on any atom is -0.481 e. The van der Waals surface area contributed by atoms with Gasteiger partial charge in [0.15, 0.2) is 0 Å². The number of thioether (sulfide) groups is 1. The van der Waals surface area contributed by atoms with Gasteiger partial charge in [-0.1, -0.05) is 0 Å². The summed E-state index contributed by atoms with van der Waals surface area (Å²) in [6.07, 6.45) is 2.74. The normalized spacial score (nSPS) is 14.4. The van der Waals surface area contributed by atoms with Gasteiger partial charge in [-0.25, -0.2) is 20.0 Å². The Balaban J connectivity index is 2.21. The molecule has 0 bridgehead atoms. The average Bonchev–Trinajstić information content (AvgIpc) is 3.57. The van der Waals surface area contributed by atoms with Crippen molar-refractivity contribution in [2.24, 2.45) is 5.73 Å². The molecule has 0 radical (unpaired) electrons. The van der Waals surface area contributed by atoms with E-state index in [2.05, 4.69) is 26.6 Å². The number of unbranched alkanes of at least 4 members (excludes halogenated alkanes) is 6. The van der Waals surface area contributed by atoms with Gasteiger partial charge in [-0.2, -0.15) is 0 Å². The van der Waals surface area contributed by atoms with Gasteiger partial charge in [0.05, 0.1) is 17.7 Å². The molecule has 1 aliphatic rings. The predicted octanol–water partition coefficient (Wildman–Crippen LogP) is -1.79. The van der Waals surface area contributed by atoms with Crippen LogP contribution in [0.4, 0.5) is 0 Å². The Bertz CT molecular complexity index is 1810. The average molecular weight is 1020 g/mol. The van der Waals surface area contributed by atoms with Gasteiger partial charge in [-0.05, 0) is 64.7 Å². The molecule has 12 N–H and O–H groups in total. The molecule has 0 aromatic heterocycles. The molecule has 0 aromatic carbocycles. The summed E-state index contributed by atoms with van der Waals surface area (Å²) in [5, 5.41) is 61.1. The van der Waals surface area contributed by atoms with Crippen molar-refractivity contribution in [3.63, 3.8) is 0 Å². The fourth-order valence-corrected chi connectivity index (χ4v) is 7.50. The lowest BCUT2D eigenvalue weighted by molar-refractivity contribution is -0.166. The summed E-state index contributed by atoms with van der Waals surface area (Å²) in [5.74, 6) is -9.46. The zero-order valence-electron chi connectivity index (χ0n) is 39.7. The Morgan fingerprint density at radius 3 is 1.51 bits per heavy atom. The van der Waals surface area contributed by atoms with Crippen LogP contribution >= 0.6 is 11.8 Å². The van der Waals surface area contributed by atoms with E-state index in [0.717, 1.165) is 16.7 Å². The van der Waals surface area contributed by atoms with Crippen LogP contribution < -0.4 is 32.3 Å². The lowest BCUT2D eigenvalue weighted by atomic mass is 10.1. The molecule has 0 spiro atoms. The first-order chi connectivity index (χ1) is 33.0. The molecule has 1 saturated heterocycles. The van der Waals surface area contributed by atoms with Crippen LogP contribution in [0.2, 0.25) is 0 Å². The predicted molar refractivity (Wildman–Crippen MR) is 245 cm³/mol. The van der Waals surface area contributed by atoms with Crippen LogP contribution in [0, 0.1) is 0 Å². The van der Waals surface area contributed by atoms with Crippen molar-refractivity contribution in [2.45, 2.75) is 140 Å². The zero-order chi connectivity index (χ0) is 52.8. The number of carbonyl (C=O) groups is 12. The van der Waals surface area contributed by atoms with E-state index in [4.69, 9.17) is 10.8 Å². The maximum Gasteiger partial charge on any atom is 0.327 e. The number of nitrogens with zero attached hydrogens (tertiary/aromatic N) is 4. The van der Waals surface area contributed by atoms with Crippen molar-refractivity contribution in [1.29, 1.82) is 0 Å². The van der Waals surface area contributed by atoms with E-state index in [9.17, 15) is 78.3 Å². The molecule has 0 saturated carbocycles. The van der Waals surface area contributed by atoms with Gasteiger partial charge in [0.2, 0.25) is 59.1 Å². The highest BCUT2D eigenvalue weighted by Crippen LogP contribution is 2.26. The lowest BCUT2D eigenvalue weighted by Gasteiger charge is -2.21. The number of nitrogens with one attached hydrogen (secondary N) is 5. The molecule has 0 aromatic rings. The second kappa shape index (κ2) is 34.3. The number of carboxylic acid groups (broad SMARTS) is 2. The first-order valence-corrected chi connectivity index (χ1v) is 24.1. The fraction of sp³-hybridized carbons (Fsp3) is 0.714. The highest BCUT2D eigenvalue weighted by atomic mass is 32.2. The summed E-state index contributed by atoms with van der Waals surface area (Å²) in [6.45, 7) is 3.42. The second-order valence-electron chi connectivity index (χ2n) is 16.4. The molecule has 70 heavy (non-hydrogen) atoms. The quantitative estimate of drug-likeness (QED) is 0.0142. The molecule has 1 aliphatic heterocycles. The number of carbonyl (C=O) groups excluding carboxylic acids is 10. The SMILES string of the molecule is CC(=O)N(O)CCCCCNC(=O)CCC(=O)N(O)CCCCCNC(=O)CCC(=O)N(O)CCCCCNC(=O)CCN1C(=O)CC(SC[C@H](NC(=O)[C@H](CC(=O)O)NC(=O)[C@H](C)N)C(=O)O)C1=O. The number of hydroxylamine groups is 6. The highest BCUT2D eigenvalue weighted by molar-refractivity contribution is 8.00. The molecule has 396 valence electrons. The third-order valence-electron chi connectivity index (χ3n) is 10.4. The van der Waals surface area contributed by atoms with Gasteiger partial charge in [0.1, 0.15) is 12.1 Å². The number of likely N-dealkylation sites (tertiary alicyclic amines) is 1. The van der Waals surface area contributed by atoms with E-state index in [0.29, 0.717) is 79.5 Å². The zero-order valence-corrected chi connectivity index (χ0v) is 40.5. The number of hydrogen-bond donors (Lipinski definition) is 11. The van der Waals surface area contributed by atoms with Gasteiger partial charge >= 0.3 is 11.9 Å². The van der Waals surface area contributed by atoms with E-state index in [1.54, 1.807) is 0 Å². The number of rotatable bonds is 37. The van der Waals surface area contributed by atoms with Crippen LogP contribution in [0.5, 0.6) is 0 Å². The maximum atomic E-state index is 12.9. The summed E-state index contributed by atoms with van der Waals surface area (Å²) < 4.78 is 0. The molecule has 0 aliphatic carbocycles. The Morgan fingerprint density at radius 1 is 0.643 bits per heavy atom. The summed E-state index contributed by atoms with van der Waals surface area (Å²) in [5.41, 5.74) is 5.45. The molecule has 1 unspecified atom stereocenters. The van der Waals surface area contributed by atoms with Crippen molar-refractivity contribution in [2.75, 3.05) is 51.6 Å². The summed E-state index contributed by atoms with van der Waals surface area (Å²) in [7, 11) is 0. The number of carboxylic acids is 2. The van der Waals surface area contributed by atoms with Crippen molar-refractivity contribution in [1.82, 2.24) is 46.7 Å². The van der Waals surface area contributed by atoms with Crippen LogP contribution in [-0.2, 0) is 57.5 Å². The minimum atomic E-state index is -1.63. The topological polar surface area (TPSA) is 405 Å². The first kappa shape index (κ1) is 62.0. The molecule has 4 atom stereocenters. The minimum absolute atomic E-state index is 0.0157. The standard InChI is InChI=1S/C42H70N10O17S/c1-27(43)39(62)47-29(24-38(60)61)40(63)48-30(42(65)66)26-70-31-25-37(59)49(41(31)64)23-16-34(56)46-19-8-5-11-22-52(69)36(58)15-13-33(55)45-18-7-4-10-21-51(68)35(57)14-12-32(54)44-17-6-3-9-20-50(67)28(2)53/h27,29-31,67-69H,3-26,43H2,1-2H3,(H,44,54)(H,45,55)(H,46,56)(H,47,62)(H,48,63)(H,60,61)(H,65,66)/t27-,29-,30-,31?/m0/s1. The summed E-state index contributed by atoms with van der Waals surface area (Å²) in [4.78, 5) is 146.